The molecule has 0 saturated carbocycles. The molecule has 6 nitrogen and oxygen atoms in total. The fraction of sp³-hybridized carbons (Fsp3) is 0.222. The van der Waals surface area contributed by atoms with Gasteiger partial charge in [0.25, 0.3) is 5.69 Å². The SMILES string of the molecule is Cc1c(C(=O)O)cc(OC(F)(F)F)cc1[N+](=O)[O-]. The number of carbonyl (C=O) groups is 1. The lowest BCUT2D eigenvalue weighted by atomic mass is 10.1. The van der Waals surface area contributed by atoms with Crippen molar-refractivity contribution in [2.75, 3.05) is 0 Å². The normalized spacial score (nSPS) is 11.1. The van der Waals surface area contributed by atoms with Crippen LogP contribution < -0.4 is 4.74 Å². The smallest absolute Gasteiger partial charge is 0.478 e. The van der Waals surface area contributed by atoms with Gasteiger partial charge in [0.1, 0.15) is 5.75 Å². The Kier molecular flexibility index (Phi) is 3.44. The van der Waals surface area contributed by atoms with Crippen LogP contribution in [0.5, 0.6) is 5.75 Å². The van der Waals surface area contributed by atoms with Crippen molar-refractivity contribution in [2.24, 2.45) is 0 Å². The maximum absolute atomic E-state index is 12.0. The molecule has 1 N–H and O–H groups in total. The van der Waals surface area contributed by atoms with Crippen molar-refractivity contribution in [2.45, 2.75) is 13.3 Å². The second kappa shape index (κ2) is 4.51. The zero-order valence-corrected chi connectivity index (χ0v) is 8.82. The highest BCUT2D eigenvalue weighted by Crippen LogP contribution is 2.31. The van der Waals surface area contributed by atoms with Crippen LogP contribution in [0.25, 0.3) is 0 Å². The molecule has 9 heteroatoms. The fourth-order valence-electron chi connectivity index (χ4n) is 1.28. The quantitative estimate of drug-likeness (QED) is 0.669. The van der Waals surface area contributed by atoms with Crippen molar-refractivity contribution in [1.82, 2.24) is 0 Å². The summed E-state index contributed by atoms with van der Waals surface area (Å²) in [5.74, 6) is -2.53. The highest BCUT2D eigenvalue weighted by Gasteiger charge is 2.33. The maximum Gasteiger partial charge on any atom is 0.573 e. The van der Waals surface area contributed by atoms with Gasteiger partial charge in [-0.05, 0) is 13.0 Å². The first kappa shape index (κ1) is 13.7. The Balaban J connectivity index is 3.38. The zero-order chi connectivity index (χ0) is 14.1. The monoisotopic (exact) mass is 265 g/mol. The summed E-state index contributed by atoms with van der Waals surface area (Å²) in [4.78, 5) is 20.4. The summed E-state index contributed by atoms with van der Waals surface area (Å²) in [6.07, 6.45) is -5.06. The van der Waals surface area contributed by atoms with E-state index >= 15 is 0 Å². The first-order valence-corrected chi connectivity index (χ1v) is 4.40. The minimum absolute atomic E-state index is 0.248. The predicted molar refractivity (Wildman–Crippen MR) is 51.5 cm³/mol. The molecule has 0 atom stereocenters. The molecule has 0 saturated heterocycles. The summed E-state index contributed by atoms with van der Waals surface area (Å²) in [5.41, 5.74) is -1.63. The van der Waals surface area contributed by atoms with E-state index in [2.05, 4.69) is 4.74 Å². The van der Waals surface area contributed by atoms with Crippen LogP contribution in [0.3, 0.4) is 0 Å². The number of nitrogens with zero attached hydrogens (tertiary/aromatic N) is 1. The van der Waals surface area contributed by atoms with Gasteiger partial charge in [-0.2, -0.15) is 0 Å². The number of aromatic carboxylic acids is 1. The third-order valence-electron chi connectivity index (χ3n) is 2.01. The largest absolute Gasteiger partial charge is 0.573 e. The number of hydrogen-bond donors (Lipinski definition) is 1. The molecule has 0 radical (unpaired) electrons. The van der Waals surface area contributed by atoms with E-state index < -0.39 is 34.3 Å². The van der Waals surface area contributed by atoms with Crippen molar-refractivity contribution in [3.63, 3.8) is 0 Å². The van der Waals surface area contributed by atoms with Crippen LogP contribution in [0, 0.1) is 17.0 Å². The summed E-state index contributed by atoms with van der Waals surface area (Å²) in [7, 11) is 0. The molecule has 0 aliphatic heterocycles. The van der Waals surface area contributed by atoms with E-state index in [1.54, 1.807) is 0 Å². The molecule has 1 rings (SSSR count). The third-order valence-corrected chi connectivity index (χ3v) is 2.01. The number of alkyl halides is 3. The maximum atomic E-state index is 12.0. The molecule has 0 unspecified atom stereocenters. The second-order valence-corrected chi connectivity index (χ2v) is 3.23. The van der Waals surface area contributed by atoms with E-state index in [4.69, 9.17) is 5.11 Å². The summed E-state index contributed by atoms with van der Waals surface area (Å²) >= 11 is 0. The summed E-state index contributed by atoms with van der Waals surface area (Å²) in [6, 6.07) is 1.10. The number of hydrogen-bond acceptors (Lipinski definition) is 4. The van der Waals surface area contributed by atoms with Crippen LogP contribution in [0.15, 0.2) is 12.1 Å². The molecule has 0 aliphatic rings. The van der Waals surface area contributed by atoms with Crippen molar-refractivity contribution in [3.05, 3.63) is 33.4 Å². The van der Waals surface area contributed by atoms with Gasteiger partial charge < -0.3 is 9.84 Å². The van der Waals surface area contributed by atoms with Gasteiger partial charge in [0.2, 0.25) is 0 Å². The highest BCUT2D eigenvalue weighted by atomic mass is 19.4. The minimum Gasteiger partial charge on any atom is -0.478 e. The number of nitro benzene ring substituents is 1. The Morgan fingerprint density at radius 3 is 2.39 bits per heavy atom. The average Bonchev–Trinajstić information content (AvgIpc) is 2.17. The van der Waals surface area contributed by atoms with Crippen LogP contribution in [0.1, 0.15) is 15.9 Å². The molecule has 0 bridgehead atoms. The van der Waals surface area contributed by atoms with Gasteiger partial charge in [0, 0.05) is 5.56 Å². The van der Waals surface area contributed by atoms with E-state index in [-0.39, 0.29) is 5.56 Å². The lowest BCUT2D eigenvalue weighted by molar-refractivity contribution is -0.385. The second-order valence-electron chi connectivity index (χ2n) is 3.23. The first-order valence-electron chi connectivity index (χ1n) is 4.40. The summed E-state index contributed by atoms with van der Waals surface area (Å²) in [6.45, 7) is 1.12. The molecule has 1 aromatic carbocycles. The number of rotatable bonds is 3. The zero-order valence-electron chi connectivity index (χ0n) is 8.82. The number of carboxylic acid groups (broad SMARTS) is 1. The van der Waals surface area contributed by atoms with Crippen molar-refractivity contribution >= 4 is 11.7 Å². The van der Waals surface area contributed by atoms with Crippen LogP contribution in [-0.2, 0) is 0 Å². The van der Waals surface area contributed by atoms with Gasteiger partial charge >= 0.3 is 12.3 Å². The van der Waals surface area contributed by atoms with Gasteiger partial charge in [-0.3, -0.25) is 10.1 Å². The van der Waals surface area contributed by atoms with Crippen LogP contribution in [0.4, 0.5) is 18.9 Å². The molecular formula is C9H6F3NO5. The molecule has 18 heavy (non-hydrogen) atoms. The van der Waals surface area contributed by atoms with Crippen LogP contribution in [-0.4, -0.2) is 22.4 Å². The molecular weight excluding hydrogens is 259 g/mol. The predicted octanol–water partition coefficient (Wildman–Crippen LogP) is 2.50. The number of ether oxygens (including phenoxy) is 1. The van der Waals surface area contributed by atoms with E-state index in [1.165, 1.54) is 0 Å². The standard InChI is InChI=1S/C9H6F3NO5/c1-4-6(8(14)15)2-5(18-9(10,11)12)3-7(4)13(16)17/h2-3H,1H3,(H,14,15). The highest BCUT2D eigenvalue weighted by molar-refractivity contribution is 5.91. The van der Waals surface area contributed by atoms with E-state index in [1.807, 2.05) is 0 Å². The van der Waals surface area contributed by atoms with Crippen LogP contribution in [0.2, 0.25) is 0 Å². The van der Waals surface area contributed by atoms with Gasteiger partial charge in [0.15, 0.2) is 0 Å². The molecule has 0 heterocycles. The van der Waals surface area contributed by atoms with E-state index in [0.29, 0.717) is 12.1 Å². The van der Waals surface area contributed by atoms with Gasteiger partial charge in [-0.15, -0.1) is 13.2 Å². The summed E-state index contributed by atoms with van der Waals surface area (Å²) in [5, 5.41) is 19.3. The van der Waals surface area contributed by atoms with Crippen LogP contribution >= 0.6 is 0 Å². The van der Waals surface area contributed by atoms with Crippen molar-refractivity contribution in [3.8, 4) is 5.75 Å². The molecule has 0 aliphatic carbocycles. The van der Waals surface area contributed by atoms with Crippen molar-refractivity contribution < 1.29 is 32.7 Å². The topological polar surface area (TPSA) is 89.7 Å². The first-order chi connectivity index (χ1) is 8.11. The molecule has 1 aromatic rings. The molecule has 0 fully saturated rings. The molecule has 0 aromatic heterocycles. The molecule has 0 spiro atoms. The third kappa shape index (κ3) is 3.09. The fourth-order valence-corrected chi connectivity index (χ4v) is 1.28. The summed E-state index contributed by atoms with van der Waals surface area (Å²) < 4.78 is 39.4. The Morgan fingerprint density at radius 2 is 2.00 bits per heavy atom. The van der Waals surface area contributed by atoms with Gasteiger partial charge in [-0.25, -0.2) is 4.79 Å². The van der Waals surface area contributed by atoms with E-state index in [0.717, 1.165) is 6.92 Å². The molecule has 0 amide bonds. The Labute approximate surface area is 97.7 Å². The van der Waals surface area contributed by atoms with Gasteiger partial charge in [0.05, 0.1) is 16.6 Å². The van der Waals surface area contributed by atoms with Gasteiger partial charge in [-0.1, -0.05) is 0 Å². The Hall–Kier alpha value is -2.32. The Morgan fingerprint density at radius 1 is 1.44 bits per heavy atom. The van der Waals surface area contributed by atoms with Crippen molar-refractivity contribution in [1.29, 1.82) is 0 Å². The van der Waals surface area contributed by atoms with E-state index in [9.17, 15) is 28.1 Å². The number of halogens is 3. The minimum atomic E-state index is -5.06. The lowest BCUT2D eigenvalue weighted by Crippen LogP contribution is -2.18. The number of nitro groups is 1. The average molecular weight is 265 g/mol. The number of benzene rings is 1. The Bertz CT molecular complexity index is 476. The lowest BCUT2D eigenvalue weighted by Gasteiger charge is -2.10. The molecule has 98 valence electrons. The number of carboxylic acids is 1.